The zero-order chi connectivity index (χ0) is 13.3. The van der Waals surface area contributed by atoms with Crippen LogP contribution in [0.1, 0.15) is 32.3 Å². The number of fused-ring (bicyclic) bond motifs is 1. The molecule has 4 N–H and O–H groups in total. The molecule has 0 atom stereocenters. The smallest absolute Gasteiger partial charge is 0.231 e. The van der Waals surface area contributed by atoms with E-state index in [1.165, 1.54) is 0 Å². The predicted molar refractivity (Wildman–Crippen MR) is 74.4 cm³/mol. The molecule has 0 bridgehead atoms. The lowest BCUT2D eigenvalue weighted by Crippen LogP contribution is -2.34. The van der Waals surface area contributed by atoms with Crippen molar-refractivity contribution in [2.75, 3.05) is 17.2 Å². The third-order valence-electron chi connectivity index (χ3n) is 3.24. The molecule has 1 aliphatic rings. The standard InChI is InChI=1S/C14H21N3O/c1-14(2,16)6-3-7-17-12-5-4-11(15)8-10(12)9-13(17)18/h4-5,8H,3,6-7,9,15-16H2,1-2H3. The zero-order valence-corrected chi connectivity index (χ0v) is 11.1. The van der Waals surface area contributed by atoms with E-state index in [1.807, 2.05) is 36.9 Å². The summed E-state index contributed by atoms with van der Waals surface area (Å²) < 4.78 is 0. The normalized spacial score (nSPS) is 15.1. The van der Waals surface area contributed by atoms with Crippen LogP contribution >= 0.6 is 0 Å². The van der Waals surface area contributed by atoms with E-state index >= 15 is 0 Å². The average Bonchev–Trinajstić information content (AvgIpc) is 2.52. The third-order valence-corrected chi connectivity index (χ3v) is 3.24. The minimum atomic E-state index is -0.174. The Balaban J connectivity index is 2.05. The maximum absolute atomic E-state index is 12.0. The molecule has 4 nitrogen and oxygen atoms in total. The summed E-state index contributed by atoms with van der Waals surface area (Å²) in [6.45, 7) is 4.75. The zero-order valence-electron chi connectivity index (χ0n) is 11.1. The fourth-order valence-electron chi connectivity index (χ4n) is 2.34. The number of amides is 1. The van der Waals surface area contributed by atoms with Gasteiger partial charge in [0.05, 0.1) is 6.42 Å². The first-order valence-corrected chi connectivity index (χ1v) is 6.34. The molecule has 1 amide bonds. The Morgan fingerprint density at radius 3 is 2.78 bits per heavy atom. The quantitative estimate of drug-likeness (QED) is 0.795. The van der Waals surface area contributed by atoms with Crippen molar-refractivity contribution in [1.29, 1.82) is 0 Å². The fourth-order valence-corrected chi connectivity index (χ4v) is 2.34. The van der Waals surface area contributed by atoms with Gasteiger partial charge < -0.3 is 16.4 Å². The van der Waals surface area contributed by atoms with Crippen LogP contribution in [0, 0.1) is 0 Å². The second-order valence-corrected chi connectivity index (χ2v) is 5.70. The fraction of sp³-hybridized carbons (Fsp3) is 0.500. The Kier molecular flexibility index (Phi) is 3.30. The van der Waals surface area contributed by atoms with E-state index in [2.05, 4.69) is 0 Å². The number of carbonyl (C=O) groups excluding carboxylic acids is 1. The molecule has 0 radical (unpaired) electrons. The van der Waals surface area contributed by atoms with Crippen molar-refractivity contribution in [2.45, 2.75) is 38.6 Å². The highest BCUT2D eigenvalue weighted by Gasteiger charge is 2.27. The van der Waals surface area contributed by atoms with E-state index in [1.54, 1.807) is 0 Å². The van der Waals surface area contributed by atoms with Crippen LogP contribution in [0.2, 0.25) is 0 Å². The lowest BCUT2D eigenvalue weighted by atomic mass is 10.00. The Morgan fingerprint density at radius 2 is 2.11 bits per heavy atom. The molecule has 0 aromatic heterocycles. The summed E-state index contributed by atoms with van der Waals surface area (Å²) in [5, 5.41) is 0. The van der Waals surface area contributed by atoms with Crippen LogP contribution in [-0.4, -0.2) is 18.0 Å². The molecule has 0 aliphatic carbocycles. The van der Waals surface area contributed by atoms with Gasteiger partial charge >= 0.3 is 0 Å². The van der Waals surface area contributed by atoms with Gasteiger partial charge in [0, 0.05) is 23.5 Å². The number of nitrogens with two attached hydrogens (primary N) is 2. The summed E-state index contributed by atoms with van der Waals surface area (Å²) in [7, 11) is 0. The number of nitrogens with zero attached hydrogens (tertiary/aromatic N) is 1. The molecule has 0 unspecified atom stereocenters. The van der Waals surface area contributed by atoms with Gasteiger partial charge in [-0.1, -0.05) is 0 Å². The lowest BCUT2D eigenvalue weighted by molar-refractivity contribution is -0.117. The summed E-state index contributed by atoms with van der Waals surface area (Å²) in [6, 6.07) is 5.67. The van der Waals surface area contributed by atoms with E-state index in [4.69, 9.17) is 11.5 Å². The van der Waals surface area contributed by atoms with E-state index in [9.17, 15) is 4.79 Å². The molecular formula is C14H21N3O. The number of hydrogen-bond donors (Lipinski definition) is 2. The first-order chi connectivity index (χ1) is 8.37. The second kappa shape index (κ2) is 4.61. The monoisotopic (exact) mass is 247 g/mol. The molecule has 0 saturated carbocycles. The summed E-state index contributed by atoms with van der Waals surface area (Å²) in [5.41, 5.74) is 14.3. The van der Waals surface area contributed by atoms with E-state index in [-0.39, 0.29) is 11.4 Å². The molecule has 2 rings (SSSR count). The number of rotatable bonds is 4. The van der Waals surface area contributed by atoms with Gasteiger partial charge in [0.2, 0.25) is 5.91 Å². The highest BCUT2D eigenvalue weighted by Crippen LogP contribution is 2.30. The molecule has 98 valence electrons. The number of benzene rings is 1. The molecule has 4 heteroatoms. The van der Waals surface area contributed by atoms with Gasteiger partial charge in [-0.25, -0.2) is 0 Å². The third kappa shape index (κ3) is 2.82. The van der Waals surface area contributed by atoms with E-state index in [0.717, 1.165) is 30.6 Å². The highest BCUT2D eigenvalue weighted by atomic mass is 16.2. The van der Waals surface area contributed by atoms with Crippen molar-refractivity contribution in [2.24, 2.45) is 5.73 Å². The summed E-state index contributed by atoms with van der Waals surface area (Å²) in [4.78, 5) is 13.8. The van der Waals surface area contributed by atoms with Crippen molar-refractivity contribution in [3.63, 3.8) is 0 Å². The molecule has 0 saturated heterocycles. The van der Waals surface area contributed by atoms with Crippen molar-refractivity contribution < 1.29 is 4.79 Å². The van der Waals surface area contributed by atoms with Crippen molar-refractivity contribution in [3.8, 4) is 0 Å². The predicted octanol–water partition coefficient (Wildman–Crippen LogP) is 1.68. The SMILES string of the molecule is CC(C)(N)CCCN1C(=O)Cc2cc(N)ccc21. The minimum Gasteiger partial charge on any atom is -0.399 e. The van der Waals surface area contributed by atoms with Crippen LogP contribution in [0.25, 0.3) is 0 Å². The number of carbonyl (C=O) groups is 1. The van der Waals surface area contributed by atoms with Crippen molar-refractivity contribution in [3.05, 3.63) is 23.8 Å². The van der Waals surface area contributed by atoms with Crippen LogP contribution in [0.15, 0.2) is 18.2 Å². The number of anilines is 2. The van der Waals surface area contributed by atoms with Crippen molar-refractivity contribution >= 4 is 17.3 Å². The van der Waals surface area contributed by atoms with Gasteiger partial charge in [-0.3, -0.25) is 4.79 Å². The first-order valence-electron chi connectivity index (χ1n) is 6.34. The van der Waals surface area contributed by atoms with E-state index in [0.29, 0.717) is 12.1 Å². The second-order valence-electron chi connectivity index (χ2n) is 5.70. The molecule has 1 aromatic carbocycles. The molecule has 0 spiro atoms. The average molecular weight is 247 g/mol. The summed E-state index contributed by atoms with van der Waals surface area (Å²) in [6.07, 6.45) is 2.28. The van der Waals surface area contributed by atoms with Crippen LogP contribution in [0.4, 0.5) is 11.4 Å². The Morgan fingerprint density at radius 1 is 1.39 bits per heavy atom. The molecule has 18 heavy (non-hydrogen) atoms. The first kappa shape index (κ1) is 12.9. The topological polar surface area (TPSA) is 72.3 Å². The van der Waals surface area contributed by atoms with Crippen LogP contribution < -0.4 is 16.4 Å². The Labute approximate surface area is 108 Å². The van der Waals surface area contributed by atoms with Crippen LogP contribution in [0.3, 0.4) is 0 Å². The molecule has 1 aliphatic heterocycles. The summed E-state index contributed by atoms with van der Waals surface area (Å²) in [5.74, 6) is 0.158. The minimum absolute atomic E-state index is 0.158. The Hall–Kier alpha value is -1.55. The molecule has 1 aromatic rings. The Bertz CT molecular complexity index is 463. The molecular weight excluding hydrogens is 226 g/mol. The maximum Gasteiger partial charge on any atom is 0.231 e. The van der Waals surface area contributed by atoms with Gasteiger partial charge in [-0.2, -0.15) is 0 Å². The van der Waals surface area contributed by atoms with Crippen LogP contribution in [-0.2, 0) is 11.2 Å². The van der Waals surface area contributed by atoms with E-state index < -0.39 is 0 Å². The lowest BCUT2D eigenvalue weighted by Gasteiger charge is -2.22. The number of hydrogen-bond acceptors (Lipinski definition) is 3. The van der Waals surface area contributed by atoms with Gasteiger partial charge in [0.25, 0.3) is 0 Å². The van der Waals surface area contributed by atoms with Gasteiger partial charge in [0.15, 0.2) is 0 Å². The largest absolute Gasteiger partial charge is 0.399 e. The maximum atomic E-state index is 12.0. The highest BCUT2D eigenvalue weighted by molar-refractivity contribution is 6.01. The molecule has 0 fully saturated rings. The van der Waals surface area contributed by atoms with Crippen LogP contribution in [0.5, 0.6) is 0 Å². The summed E-state index contributed by atoms with van der Waals surface area (Å²) >= 11 is 0. The molecule has 1 heterocycles. The number of nitrogen functional groups attached to an aromatic ring is 1. The van der Waals surface area contributed by atoms with Gasteiger partial charge in [-0.15, -0.1) is 0 Å². The van der Waals surface area contributed by atoms with Crippen molar-refractivity contribution in [1.82, 2.24) is 0 Å². The van der Waals surface area contributed by atoms with Gasteiger partial charge in [0.1, 0.15) is 0 Å². The van der Waals surface area contributed by atoms with Gasteiger partial charge in [-0.05, 0) is 50.5 Å².